The van der Waals surface area contributed by atoms with Crippen molar-refractivity contribution in [2.45, 2.75) is 76.2 Å². The maximum atomic E-state index is 13.9. The fraction of sp³-hybridized carbons (Fsp3) is 0.457. The highest BCUT2D eigenvalue weighted by atomic mass is 19.4. The van der Waals surface area contributed by atoms with Crippen LogP contribution >= 0.6 is 0 Å². The van der Waals surface area contributed by atoms with Gasteiger partial charge < -0.3 is 30.8 Å². The molecule has 10 nitrogen and oxygen atoms in total. The number of amidine groups is 1. The van der Waals surface area contributed by atoms with E-state index in [1.165, 1.54) is 10.6 Å². The number of alkyl halides is 3. The predicted octanol–water partition coefficient (Wildman–Crippen LogP) is 5.86. The lowest BCUT2D eigenvalue weighted by Crippen LogP contribution is -2.39. The van der Waals surface area contributed by atoms with Gasteiger partial charge in [0.25, 0.3) is 0 Å². The van der Waals surface area contributed by atoms with Crippen LogP contribution in [0.1, 0.15) is 68.2 Å². The summed E-state index contributed by atoms with van der Waals surface area (Å²) < 4.78 is 53.9. The number of rotatable bonds is 13. The molecule has 6 N–H and O–H groups in total. The number of hydrogen-bond acceptors (Lipinski definition) is 7. The van der Waals surface area contributed by atoms with E-state index in [9.17, 15) is 18.0 Å². The topological polar surface area (TPSA) is 143 Å². The van der Waals surface area contributed by atoms with Gasteiger partial charge in [-0.25, -0.2) is 4.79 Å². The molecule has 0 radical (unpaired) electrons. The van der Waals surface area contributed by atoms with E-state index in [0.29, 0.717) is 71.4 Å². The molecule has 1 saturated heterocycles. The number of aromatic amines is 1. The van der Waals surface area contributed by atoms with Crippen molar-refractivity contribution in [1.29, 1.82) is 5.41 Å². The second-order valence-electron chi connectivity index (χ2n) is 12.5. The number of benzene rings is 2. The monoisotopic (exact) mass is 667 g/mol. The highest BCUT2D eigenvalue weighted by Crippen LogP contribution is 2.36. The first-order chi connectivity index (χ1) is 22.9. The van der Waals surface area contributed by atoms with Crippen molar-refractivity contribution < 1.29 is 22.6 Å². The van der Waals surface area contributed by atoms with E-state index in [1.54, 1.807) is 45.5 Å². The second-order valence-corrected chi connectivity index (χ2v) is 12.5. The van der Waals surface area contributed by atoms with Crippen LogP contribution in [0, 0.1) is 5.41 Å². The summed E-state index contributed by atoms with van der Waals surface area (Å²) in [6.45, 7) is 2.85. The first-order valence-corrected chi connectivity index (χ1v) is 16.3. The van der Waals surface area contributed by atoms with Crippen LogP contribution in [0.3, 0.4) is 0 Å². The van der Waals surface area contributed by atoms with Gasteiger partial charge >= 0.3 is 11.9 Å². The van der Waals surface area contributed by atoms with Crippen molar-refractivity contribution >= 4 is 16.9 Å². The van der Waals surface area contributed by atoms with Crippen molar-refractivity contribution in [3.8, 4) is 22.7 Å². The molecule has 3 atom stereocenters. The number of aromatic nitrogens is 3. The largest absolute Gasteiger partial charge is 0.496 e. The summed E-state index contributed by atoms with van der Waals surface area (Å²) in [6.07, 6.45) is 2.73. The smallest absolute Gasteiger partial charge is 0.416 e. The van der Waals surface area contributed by atoms with E-state index in [0.717, 1.165) is 43.9 Å². The van der Waals surface area contributed by atoms with Gasteiger partial charge in [0.15, 0.2) is 0 Å². The number of nitrogens with one attached hydrogen (secondary N) is 4. The van der Waals surface area contributed by atoms with Crippen LogP contribution in [0.5, 0.6) is 5.75 Å². The van der Waals surface area contributed by atoms with E-state index in [4.69, 9.17) is 20.6 Å². The van der Waals surface area contributed by atoms with Gasteiger partial charge in [0.05, 0.1) is 30.8 Å². The van der Waals surface area contributed by atoms with Crippen molar-refractivity contribution in [2.75, 3.05) is 27.4 Å². The molecule has 258 valence electrons. The van der Waals surface area contributed by atoms with Gasteiger partial charge in [0.1, 0.15) is 11.4 Å². The number of fused-ring (bicyclic) bond motifs is 1. The van der Waals surface area contributed by atoms with E-state index < -0.39 is 17.4 Å². The molecule has 1 fully saturated rings. The van der Waals surface area contributed by atoms with E-state index in [1.807, 2.05) is 12.1 Å². The molecule has 0 aliphatic carbocycles. The number of nitrogens with zero attached hydrogens (tertiary/aromatic N) is 2. The Morgan fingerprint density at radius 2 is 2.00 bits per heavy atom. The lowest BCUT2D eigenvalue weighted by atomic mass is 9.91. The Morgan fingerprint density at radius 3 is 2.73 bits per heavy atom. The molecule has 13 heteroatoms. The Balaban J connectivity index is 1.40. The van der Waals surface area contributed by atoms with Gasteiger partial charge in [0.2, 0.25) is 0 Å². The first kappa shape index (κ1) is 35.1. The third kappa shape index (κ3) is 8.63. The number of halogens is 3. The first-order valence-electron chi connectivity index (χ1n) is 16.3. The molecule has 5 rings (SSSR count). The average molecular weight is 668 g/mol. The summed E-state index contributed by atoms with van der Waals surface area (Å²) in [5, 5.41) is 14.9. The number of piperidine rings is 1. The third-order valence-corrected chi connectivity index (χ3v) is 8.80. The van der Waals surface area contributed by atoms with Crippen molar-refractivity contribution in [3.63, 3.8) is 0 Å². The molecule has 3 heterocycles. The summed E-state index contributed by atoms with van der Waals surface area (Å²) in [6, 6.07) is 11.5. The van der Waals surface area contributed by atoms with Crippen LogP contribution in [0.15, 0.2) is 53.5 Å². The van der Waals surface area contributed by atoms with Crippen LogP contribution < -0.4 is 26.8 Å². The average Bonchev–Trinajstić information content (AvgIpc) is 3.46. The van der Waals surface area contributed by atoms with Gasteiger partial charge in [-0.05, 0) is 86.9 Å². The molecule has 0 unspecified atom stereocenters. The van der Waals surface area contributed by atoms with Crippen LogP contribution in [-0.4, -0.2) is 59.8 Å². The second kappa shape index (κ2) is 15.3. The fourth-order valence-electron chi connectivity index (χ4n) is 6.42. The molecule has 2 aromatic heterocycles. The molecular formula is C35H44F3N7O3. The highest BCUT2D eigenvalue weighted by Gasteiger charge is 2.31. The molecule has 1 aliphatic heterocycles. The summed E-state index contributed by atoms with van der Waals surface area (Å²) in [4.78, 5) is 20.5. The quantitative estimate of drug-likeness (QED) is 0.0888. The molecule has 2 aromatic carbocycles. The highest BCUT2D eigenvalue weighted by molar-refractivity contribution is 5.83. The van der Waals surface area contributed by atoms with Gasteiger partial charge in [-0.3, -0.25) is 9.98 Å². The molecule has 0 spiro atoms. The summed E-state index contributed by atoms with van der Waals surface area (Å²) >= 11 is 0. The van der Waals surface area contributed by atoms with E-state index >= 15 is 0 Å². The Labute approximate surface area is 277 Å². The van der Waals surface area contributed by atoms with Crippen LogP contribution in [0.25, 0.3) is 28.0 Å². The maximum Gasteiger partial charge on any atom is 0.416 e. The minimum absolute atomic E-state index is 0.0813. The number of aryl methyl sites for hydroxylation is 1. The number of ether oxygens (including phenoxy) is 2. The van der Waals surface area contributed by atoms with Crippen molar-refractivity contribution in [3.05, 3.63) is 75.8 Å². The standard InChI is InChI=1S/C35H44F3N7O3/c1-21(39)41-13-12-27-8-5-9-30(42-27)29-11-10-28(18-32(29)48-3)45-19-24-17-31(43-33(24)44-34(45)46)23-14-22(6-4-7-26(40)20-47-2)15-25(16-23)35(36,37)38/h10-11,14-19,26-27,30,42H,4-9,12-13,20,40H2,1-3H3,(H2,39,41)(H,43,44,46)/t26-,27+,30+/m1/s1. The molecule has 1 aliphatic rings. The van der Waals surface area contributed by atoms with Crippen LogP contribution in [-0.2, 0) is 17.3 Å². The predicted molar refractivity (Wildman–Crippen MR) is 181 cm³/mol. The number of nitrogens with two attached hydrogens (primary N) is 1. The van der Waals surface area contributed by atoms with Crippen LogP contribution in [0.2, 0.25) is 0 Å². The minimum atomic E-state index is -4.52. The molecule has 0 saturated carbocycles. The number of hydrogen-bond donors (Lipinski definition) is 5. The number of methoxy groups -OCH3 is 2. The Kier molecular flexibility index (Phi) is 11.2. The molecule has 0 amide bonds. The van der Waals surface area contributed by atoms with E-state index in [2.05, 4.69) is 20.6 Å². The Morgan fingerprint density at radius 1 is 1.19 bits per heavy atom. The van der Waals surface area contributed by atoms with Crippen molar-refractivity contribution in [2.24, 2.45) is 5.73 Å². The normalized spacial score (nSPS) is 17.4. The van der Waals surface area contributed by atoms with E-state index in [-0.39, 0.29) is 17.7 Å². The number of H-pyrrole nitrogens is 1. The summed E-state index contributed by atoms with van der Waals surface area (Å²) in [5.41, 5.74) is 7.88. The van der Waals surface area contributed by atoms with Gasteiger partial charge in [-0.2, -0.15) is 18.2 Å². The SMILES string of the molecule is COC[C@H](N)CCCc1cc(-c2cc3cn(-c4ccc([C@@H]5CCC[C@@H](CCNC(C)=N)N5)c(OC)c4)c(=O)nc3[nH]2)cc(C(F)(F)F)c1. The van der Waals surface area contributed by atoms with Gasteiger partial charge in [-0.15, -0.1) is 0 Å². The Hall–Kier alpha value is -4.20. The molecule has 0 bridgehead atoms. The summed E-state index contributed by atoms with van der Waals surface area (Å²) in [7, 11) is 3.16. The van der Waals surface area contributed by atoms with Gasteiger partial charge in [0, 0.05) is 60.7 Å². The zero-order chi connectivity index (χ0) is 34.4. The maximum absolute atomic E-state index is 13.9. The third-order valence-electron chi connectivity index (χ3n) is 8.80. The van der Waals surface area contributed by atoms with Gasteiger partial charge in [-0.1, -0.05) is 12.5 Å². The lowest BCUT2D eigenvalue weighted by Gasteiger charge is -2.32. The molecule has 48 heavy (non-hydrogen) atoms. The van der Waals surface area contributed by atoms with Crippen LogP contribution in [0.4, 0.5) is 13.2 Å². The molecular weight excluding hydrogens is 623 g/mol. The zero-order valence-electron chi connectivity index (χ0n) is 27.5. The fourth-order valence-corrected chi connectivity index (χ4v) is 6.42. The molecule has 4 aromatic rings. The Bertz CT molecular complexity index is 1790. The minimum Gasteiger partial charge on any atom is -0.496 e. The van der Waals surface area contributed by atoms with Crippen molar-refractivity contribution in [1.82, 2.24) is 25.2 Å². The summed E-state index contributed by atoms with van der Waals surface area (Å²) in [5.74, 6) is 1.09. The lowest BCUT2D eigenvalue weighted by molar-refractivity contribution is -0.137. The zero-order valence-corrected chi connectivity index (χ0v) is 27.5.